The first kappa shape index (κ1) is 18.9. The molecule has 1 aliphatic carbocycles. The van der Waals surface area contributed by atoms with Crippen molar-refractivity contribution in [1.29, 1.82) is 0 Å². The van der Waals surface area contributed by atoms with Gasteiger partial charge in [-0.1, -0.05) is 24.3 Å². The number of hydrogen-bond acceptors (Lipinski definition) is 3. The van der Waals surface area contributed by atoms with Gasteiger partial charge in [0, 0.05) is 6.04 Å². The summed E-state index contributed by atoms with van der Waals surface area (Å²) in [5, 5.41) is 7.76. The van der Waals surface area contributed by atoms with E-state index in [0.29, 0.717) is 11.3 Å². The molecule has 2 amide bonds. The van der Waals surface area contributed by atoms with Crippen LogP contribution in [-0.4, -0.2) is 31.5 Å². The summed E-state index contributed by atoms with van der Waals surface area (Å²) >= 11 is 0. The third-order valence-electron chi connectivity index (χ3n) is 4.64. The largest absolute Gasteiger partial charge is 0.496 e. The highest BCUT2D eigenvalue weighted by Crippen LogP contribution is 2.22. The fourth-order valence-electron chi connectivity index (χ4n) is 2.94. The summed E-state index contributed by atoms with van der Waals surface area (Å²) in [6, 6.07) is 15.2. The molecule has 1 saturated carbocycles. The maximum Gasteiger partial charge on any atom is 0.279 e. The van der Waals surface area contributed by atoms with Crippen molar-refractivity contribution in [2.24, 2.45) is 0 Å². The van der Waals surface area contributed by atoms with E-state index in [4.69, 9.17) is 4.74 Å². The molecule has 0 spiro atoms. The molecule has 3 rings (SSSR count). The molecule has 2 aromatic rings. The average molecular weight is 368 g/mol. The molecule has 6 heteroatoms. The average Bonchev–Trinajstić information content (AvgIpc) is 3.50. The first-order valence-corrected chi connectivity index (χ1v) is 9.24. The molecule has 1 fully saturated rings. The molecular formula is C21H26N3O3+. The van der Waals surface area contributed by atoms with Crippen LogP contribution in [0, 0.1) is 0 Å². The molecule has 2 aromatic carbocycles. The zero-order valence-corrected chi connectivity index (χ0v) is 15.7. The molecule has 142 valence electrons. The normalized spacial score (nSPS) is 14.3. The SMILES string of the molecule is COc1ccccc1[C@@H](C)[NH2+]CC(=O)Nc1ccccc1C(=O)NC1CC1. The first-order chi connectivity index (χ1) is 13.1. The minimum Gasteiger partial charge on any atom is -0.496 e. The van der Waals surface area contributed by atoms with E-state index < -0.39 is 0 Å². The number of ether oxygens (including phenoxy) is 1. The fourth-order valence-corrected chi connectivity index (χ4v) is 2.94. The van der Waals surface area contributed by atoms with Gasteiger partial charge >= 0.3 is 0 Å². The molecule has 0 aromatic heterocycles. The Morgan fingerprint density at radius 2 is 1.85 bits per heavy atom. The predicted octanol–water partition coefficient (Wildman–Crippen LogP) is 1.85. The minimum absolute atomic E-state index is 0.0697. The topological polar surface area (TPSA) is 84.0 Å². The van der Waals surface area contributed by atoms with Crippen LogP contribution in [0.4, 0.5) is 5.69 Å². The molecule has 0 aliphatic heterocycles. The highest BCUT2D eigenvalue weighted by atomic mass is 16.5. The van der Waals surface area contributed by atoms with E-state index in [1.54, 1.807) is 25.3 Å². The van der Waals surface area contributed by atoms with E-state index in [9.17, 15) is 9.59 Å². The van der Waals surface area contributed by atoms with Gasteiger partial charge in [0.2, 0.25) is 0 Å². The fraction of sp³-hybridized carbons (Fsp3) is 0.333. The summed E-state index contributed by atoms with van der Waals surface area (Å²) in [6.45, 7) is 2.28. The Balaban J connectivity index is 1.58. The number of amides is 2. The molecule has 0 unspecified atom stereocenters. The lowest BCUT2D eigenvalue weighted by molar-refractivity contribution is -0.682. The van der Waals surface area contributed by atoms with Crippen LogP contribution in [0.5, 0.6) is 5.75 Å². The van der Waals surface area contributed by atoms with Gasteiger partial charge in [-0.15, -0.1) is 0 Å². The van der Waals surface area contributed by atoms with Gasteiger partial charge in [0.1, 0.15) is 11.8 Å². The minimum atomic E-state index is -0.150. The van der Waals surface area contributed by atoms with E-state index >= 15 is 0 Å². The summed E-state index contributed by atoms with van der Waals surface area (Å²) in [7, 11) is 1.64. The van der Waals surface area contributed by atoms with Crippen LogP contribution in [0.25, 0.3) is 0 Å². The molecule has 4 N–H and O–H groups in total. The lowest BCUT2D eigenvalue weighted by Gasteiger charge is -2.15. The van der Waals surface area contributed by atoms with Crippen LogP contribution in [0.1, 0.15) is 41.7 Å². The number of para-hydroxylation sites is 2. The number of hydrogen-bond donors (Lipinski definition) is 3. The molecule has 0 saturated heterocycles. The zero-order valence-electron chi connectivity index (χ0n) is 15.7. The summed E-state index contributed by atoms with van der Waals surface area (Å²) in [5.41, 5.74) is 2.08. The van der Waals surface area contributed by atoms with Crippen molar-refractivity contribution in [3.63, 3.8) is 0 Å². The van der Waals surface area contributed by atoms with Gasteiger partial charge in [0.25, 0.3) is 11.8 Å². The van der Waals surface area contributed by atoms with E-state index in [1.807, 2.05) is 42.6 Å². The third-order valence-corrected chi connectivity index (χ3v) is 4.64. The Bertz CT molecular complexity index is 818. The maximum absolute atomic E-state index is 12.4. The Morgan fingerprint density at radius 1 is 1.15 bits per heavy atom. The van der Waals surface area contributed by atoms with Gasteiger partial charge in [-0.2, -0.15) is 0 Å². The van der Waals surface area contributed by atoms with E-state index in [1.165, 1.54) is 0 Å². The number of rotatable bonds is 8. The molecule has 0 radical (unpaired) electrons. The predicted molar refractivity (Wildman–Crippen MR) is 104 cm³/mol. The highest BCUT2D eigenvalue weighted by Gasteiger charge is 2.25. The van der Waals surface area contributed by atoms with Gasteiger partial charge < -0.3 is 20.7 Å². The van der Waals surface area contributed by atoms with Crippen molar-refractivity contribution in [3.05, 3.63) is 59.7 Å². The van der Waals surface area contributed by atoms with Crippen molar-refractivity contribution < 1.29 is 19.6 Å². The quantitative estimate of drug-likeness (QED) is 0.665. The number of quaternary nitrogens is 1. The Hall–Kier alpha value is -2.86. The number of methoxy groups -OCH3 is 1. The third kappa shape index (κ3) is 5.08. The highest BCUT2D eigenvalue weighted by molar-refractivity contribution is 6.04. The molecule has 0 bridgehead atoms. The summed E-state index contributed by atoms with van der Waals surface area (Å²) in [6.07, 6.45) is 2.05. The van der Waals surface area contributed by atoms with Crippen LogP contribution in [0.15, 0.2) is 48.5 Å². The summed E-state index contributed by atoms with van der Waals surface area (Å²) in [5.74, 6) is 0.520. The molecule has 0 heterocycles. The first-order valence-electron chi connectivity index (χ1n) is 9.24. The van der Waals surface area contributed by atoms with Crippen LogP contribution in [0.3, 0.4) is 0 Å². The van der Waals surface area contributed by atoms with Crippen LogP contribution in [0.2, 0.25) is 0 Å². The maximum atomic E-state index is 12.4. The molecular weight excluding hydrogens is 342 g/mol. The number of carbonyl (C=O) groups is 2. The van der Waals surface area contributed by atoms with Gasteiger partial charge in [0.15, 0.2) is 6.54 Å². The summed E-state index contributed by atoms with van der Waals surface area (Å²) in [4.78, 5) is 24.7. The molecule has 6 nitrogen and oxygen atoms in total. The number of benzene rings is 2. The van der Waals surface area contributed by atoms with Crippen molar-refractivity contribution in [3.8, 4) is 5.75 Å². The lowest BCUT2D eigenvalue weighted by Crippen LogP contribution is -2.86. The van der Waals surface area contributed by atoms with Crippen molar-refractivity contribution in [1.82, 2.24) is 5.32 Å². The van der Waals surface area contributed by atoms with Gasteiger partial charge in [-0.25, -0.2) is 0 Å². The molecule has 1 atom stereocenters. The number of nitrogens with two attached hydrogens (primary N) is 1. The number of nitrogens with one attached hydrogen (secondary N) is 2. The molecule has 27 heavy (non-hydrogen) atoms. The van der Waals surface area contributed by atoms with Gasteiger partial charge in [0.05, 0.1) is 23.9 Å². The standard InChI is InChI=1S/C21H25N3O3/c1-14(16-7-4-6-10-19(16)27-2)22-13-20(25)24-18-9-5-3-8-17(18)21(26)23-15-11-12-15/h3-10,14-15,22H,11-13H2,1-2H3,(H,23,26)(H,24,25)/p+1/t14-/m1/s1. The number of anilines is 1. The van der Waals surface area contributed by atoms with Crippen LogP contribution in [-0.2, 0) is 4.79 Å². The van der Waals surface area contributed by atoms with Crippen molar-refractivity contribution >= 4 is 17.5 Å². The number of carbonyl (C=O) groups excluding carboxylic acids is 2. The molecule has 1 aliphatic rings. The Labute approximate surface area is 159 Å². The summed E-state index contributed by atoms with van der Waals surface area (Å²) < 4.78 is 5.38. The van der Waals surface area contributed by atoms with Gasteiger partial charge in [-0.3, -0.25) is 9.59 Å². The van der Waals surface area contributed by atoms with Crippen LogP contribution >= 0.6 is 0 Å². The van der Waals surface area contributed by atoms with Gasteiger partial charge in [-0.05, 0) is 44.0 Å². The van der Waals surface area contributed by atoms with E-state index in [-0.39, 0.29) is 30.4 Å². The lowest BCUT2D eigenvalue weighted by atomic mass is 10.1. The zero-order chi connectivity index (χ0) is 19.2. The van der Waals surface area contributed by atoms with Crippen LogP contribution < -0.4 is 20.7 Å². The second-order valence-electron chi connectivity index (χ2n) is 6.81. The second-order valence-corrected chi connectivity index (χ2v) is 6.81. The van der Waals surface area contributed by atoms with Crippen molar-refractivity contribution in [2.75, 3.05) is 19.0 Å². The smallest absolute Gasteiger partial charge is 0.279 e. The Kier molecular flexibility index (Phi) is 6.08. The van der Waals surface area contributed by atoms with E-state index in [2.05, 4.69) is 10.6 Å². The van der Waals surface area contributed by atoms with E-state index in [0.717, 1.165) is 24.2 Å². The second kappa shape index (κ2) is 8.68. The Morgan fingerprint density at radius 3 is 2.59 bits per heavy atom. The van der Waals surface area contributed by atoms with Crippen molar-refractivity contribution in [2.45, 2.75) is 31.8 Å². The monoisotopic (exact) mass is 368 g/mol.